The molecule has 0 saturated carbocycles. The van der Waals surface area contributed by atoms with Gasteiger partial charge in [0.25, 0.3) is 0 Å². The highest BCUT2D eigenvalue weighted by atomic mass is 35.5. The predicted molar refractivity (Wildman–Crippen MR) is 50.2 cm³/mol. The Morgan fingerprint density at radius 3 is 2.69 bits per heavy atom. The van der Waals surface area contributed by atoms with Crippen LogP contribution < -0.4 is 0 Å². The van der Waals surface area contributed by atoms with Crippen LogP contribution in [-0.4, -0.2) is 17.3 Å². The first-order chi connectivity index (χ1) is 6.06. The van der Waals surface area contributed by atoms with Crippen molar-refractivity contribution in [3.8, 4) is 0 Å². The Balaban J connectivity index is 3.30. The second-order valence-corrected chi connectivity index (χ2v) is 3.53. The SMILES string of the molecule is CSc1cc(C(=O)O)c(Cl)cc1F. The molecule has 1 aromatic carbocycles. The molecule has 0 fully saturated rings. The first-order valence-corrected chi connectivity index (χ1v) is 4.93. The third-order valence-corrected chi connectivity index (χ3v) is 2.54. The number of aromatic carboxylic acids is 1. The summed E-state index contributed by atoms with van der Waals surface area (Å²) in [5.74, 6) is -1.65. The lowest BCUT2D eigenvalue weighted by Crippen LogP contribution is -1.98. The van der Waals surface area contributed by atoms with Crippen LogP contribution >= 0.6 is 23.4 Å². The maximum absolute atomic E-state index is 13.0. The van der Waals surface area contributed by atoms with Gasteiger partial charge in [-0.05, 0) is 18.4 Å². The third kappa shape index (κ3) is 2.14. The molecule has 0 bridgehead atoms. The Kier molecular flexibility index (Phi) is 3.17. The van der Waals surface area contributed by atoms with Gasteiger partial charge in [0.1, 0.15) is 5.82 Å². The van der Waals surface area contributed by atoms with Gasteiger partial charge in [-0.25, -0.2) is 9.18 Å². The van der Waals surface area contributed by atoms with Crippen molar-refractivity contribution in [1.82, 2.24) is 0 Å². The van der Waals surface area contributed by atoms with Crippen LogP contribution in [-0.2, 0) is 0 Å². The van der Waals surface area contributed by atoms with Crippen LogP contribution in [0.3, 0.4) is 0 Å². The van der Waals surface area contributed by atoms with Crippen LogP contribution in [0.1, 0.15) is 10.4 Å². The smallest absolute Gasteiger partial charge is 0.337 e. The molecule has 1 aromatic rings. The number of rotatable bonds is 2. The van der Waals surface area contributed by atoms with E-state index in [2.05, 4.69) is 0 Å². The standard InChI is InChI=1S/C8H6ClFO2S/c1-13-7-2-4(8(11)12)5(9)3-6(7)10/h2-3H,1H3,(H,11,12). The molecular weight excluding hydrogens is 215 g/mol. The maximum atomic E-state index is 13.0. The van der Waals surface area contributed by atoms with Crippen LogP contribution in [0.25, 0.3) is 0 Å². The van der Waals surface area contributed by atoms with Gasteiger partial charge in [0.05, 0.1) is 10.6 Å². The van der Waals surface area contributed by atoms with Crippen molar-refractivity contribution in [2.24, 2.45) is 0 Å². The molecule has 2 nitrogen and oxygen atoms in total. The number of thioether (sulfide) groups is 1. The second-order valence-electron chi connectivity index (χ2n) is 2.27. The van der Waals surface area contributed by atoms with Crippen molar-refractivity contribution in [2.75, 3.05) is 6.26 Å². The summed E-state index contributed by atoms with van der Waals surface area (Å²) in [5, 5.41) is 8.58. The number of carboxylic acids is 1. The van der Waals surface area contributed by atoms with E-state index in [1.54, 1.807) is 6.26 Å². The maximum Gasteiger partial charge on any atom is 0.337 e. The first-order valence-electron chi connectivity index (χ1n) is 3.32. The van der Waals surface area contributed by atoms with Crippen LogP contribution in [0, 0.1) is 5.82 Å². The number of hydrogen-bond acceptors (Lipinski definition) is 2. The van der Waals surface area contributed by atoms with Gasteiger partial charge < -0.3 is 5.11 Å². The summed E-state index contributed by atoms with van der Waals surface area (Å²) in [6.07, 6.45) is 1.66. The Morgan fingerprint density at radius 2 is 2.23 bits per heavy atom. The van der Waals surface area contributed by atoms with Gasteiger partial charge in [-0.3, -0.25) is 0 Å². The molecule has 0 heterocycles. The Bertz CT molecular complexity index is 354. The quantitative estimate of drug-likeness (QED) is 0.779. The molecule has 0 radical (unpaired) electrons. The third-order valence-electron chi connectivity index (χ3n) is 1.47. The molecule has 0 unspecified atom stereocenters. The lowest BCUT2D eigenvalue weighted by molar-refractivity contribution is 0.0696. The van der Waals surface area contributed by atoms with Gasteiger partial charge in [0, 0.05) is 4.90 Å². The molecule has 0 aliphatic rings. The van der Waals surface area contributed by atoms with Crippen molar-refractivity contribution >= 4 is 29.3 Å². The van der Waals surface area contributed by atoms with Gasteiger partial charge >= 0.3 is 5.97 Å². The number of hydrogen-bond donors (Lipinski definition) is 1. The van der Waals surface area contributed by atoms with Crippen LogP contribution in [0.2, 0.25) is 5.02 Å². The summed E-state index contributed by atoms with van der Waals surface area (Å²) < 4.78 is 13.0. The molecule has 0 amide bonds. The molecule has 13 heavy (non-hydrogen) atoms. The van der Waals surface area contributed by atoms with Gasteiger partial charge in [-0.15, -0.1) is 11.8 Å². The molecule has 1 rings (SSSR count). The largest absolute Gasteiger partial charge is 0.478 e. The van der Waals surface area contributed by atoms with Crippen molar-refractivity contribution in [3.63, 3.8) is 0 Å². The zero-order chi connectivity index (χ0) is 10.0. The van der Waals surface area contributed by atoms with Crippen molar-refractivity contribution in [2.45, 2.75) is 4.90 Å². The molecular formula is C8H6ClFO2S. The molecule has 70 valence electrons. The summed E-state index contributed by atoms with van der Waals surface area (Å²) in [6, 6.07) is 2.24. The van der Waals surface area contributed by atoms with Crippen molar-refractivity contribution in [3.05, 3.63) is 28.5 Å². The fourth-order valence-corrected chi connectivity index (χ4v) is 1.57. The monoisotopic (exact) mass is 220 g/mol. The fourth-order valence-electron chi connectivity index (χ4n) is 0.849. The molecule has 0 aliphatic heterocycles. The summed E-state index contributed by atoms with van der Waals surface area (Å²) in [5.41, 5.74) is -0.0765. The van der Waals surface area contributed by atoms with E-state index in [9.17, 15) is 9.18 Å². The number of halogens is 2. The lowest BCUT2D eigenvalue weighted by atomic mass is 10.2. The van der Waals surface area contributed by atoms with Gasteiger partial charge in [-0.2, -0.15) is 0 Å². The van der Waals surface area contributed by atoms with Crippen LogP contribution in [0.5, 0.6) is 0 Å². The van der Waals surface area contributed by atoms with Gasteiger partial charge in [0.15, 0.2) is 0 Å². The Morgan fingerprint density at radius 1 is 1.62 bits per heavy atom. The zero-order valence-corrected chi connectivity index (χ0v) is 8.25. The molecule has 0 saturated heterocycles. The van der Waals surface area contributed by atoms with E-state index in [1.165, 1.54) is 6.07 Å². The predicted octanol–water partition coefficient (Wildman–Crippen LogP) is 2.90. The zero-order valence-electron chi connectivity index (χ0n) is 6.67. The number of carbonyl (C=O) groups is 1. The summed E-state index contributed by atoms with van der Waals surface area (Å²) in [4.78, 5) is 10.9. The van der Waals surface area contributed by atoms with E-state index < -0.39 is 11.8 Å². The first kappa shape index (κ1) is 10.3. The van der Waals surface area contributed by atoms with E-state index in [0.29, 0.717) is 0 Å². The topological polar surface area (TPSA) is 37.3 Å². The van der Waals surface area contributed by atoms with Crippen LogP contribution in [0.4, 0.5) is 4.39 Å². The summed E-state index contributed by atoms with van der Waals surface area (Å²) in [7, 11) is 0. The molecule has 1 N–H and O–H groups in total. The minimum absolute atomic E-state index is 0.0765. The van der Waals surface area contributed by atoms with E-state index in [4.69, 9.17) is 16.7 Å². The number of benzene rings is 1. The van der Waals surface area contributed by atoms with Crippen molar-refractivity contribution < 1.29 is 14.3 Å². The highest BCUT2D eigenvalue weighted by Crippen LogP contribution is 2.26. The van der Waals surface area contributed by atoms with E-state index >= 15 is 0 Å². The molecule has 5 heteroatoms. The minimum Gasteiger partial charge on any atom is -0.478 e. The Labute approximate surface area is 83.7 Å². The normalized spacial score (nSPS) is 10.1. The van der Waals surface area contributed by atoms with Crippen LogP contribution in [0.15, 0.2) is 17.0 Å². The van der Waals surface area contributed by atoms with Crippen molar-refractivity contribution in [1.29, 1.82) is 0 Å². The van der Waals surface area contributed by atoms with E-state index in [0.717, 1.165) is 17.8 Å². The highest BCUT2D eigenvalue weighted by molar-refractivity contribution is 7.98. The second kappa shape index (κ2) is 3.98. The molecule has 0 atom stereocenters. The minimum atomic E-state index is -1.15. The van der Waals surface area contributed by atoms with Gasteiger partial charge in [0.2, 0.25) is 0 Å². The van der Waals surface area contributed by atoms with Gasteiger partial charge in [-0.1, -0.05) is 11.6 Å². The summed E-state index contributed by atoms with van der Waals surface area (Å²) in [6.45, 7) is 0. The Hall–Kier alpha value is -0.740. The average Bonchev–Trinajstić information content (AvgIpc) is 2.03. The summed E-state index contributed by atoms with van der Waals surface area (Å²) >= 11 is 6.66. The highest BCUT2D eigenvalue weighted by Gasteiger charge is 2.12. The fraction of sp³-hybridized carbons (Fsp3) is 0.125. The lowest BCUT2D eigenvalue weighted by Gasteiger charge is -2.02. The molecule has 0 aliphatic carbocycles. The van der Waals surface area contributed by atoms with E-state index in [-0.39, 0.29) is 15.5 Å². The average molecular weight is 221 g/mol. The van der Waals surface area contributed by atoms with E-state index in [1.807, 2.05) is 0 Å². The molecule has 0 aromatic heterocycles. The molecule has 0 spiro atoms. The number of carboxylic acid groups (broad SMARTS) is 1.